The molecule has 0 heterocycles. The van der Waals surface area contributed by atoms with Crippen molar-refractivity contribution in [2.75, 3.05) is 12.8 Å². The van der Waals surface area contributed by atoms with Gasteiger partial charge in [0.05, 0.1) is 17.8 Å². The van der Waals surface area contributed by atoms with Crippen molar-refractivity contribution in [2.24, 2.45) is 0 Å². The second kappa shape index (κ2) is 5.55. The van der Waals surface area contributed by atoms with Gasteiger partial charge in [-0.25, -0.2) is 0 Å². The Hall–Kier alpha value is -2.00. The summed E-state index contributed by atoms with van der Waals surface area (Å²) in [5.74, 6) is 0.340. The zero-order valence-corrected chi connectivity index (χ0v) is 12.4. The number of aryl methyl sites for hydroxylation is 2. The Morgan fingerprint density at radius 1 is 1.15 bits per heavy atom. The topological polar surface area (TPSA) is 52.3 Å². The molecule has 4 heteroatoms. The number of hydrogen-bond acceptors (Lipinski definition) is 3. The number of nitrogen functional groups attached to an aromatic ring is 1. The molecule has 0 aliphatic heterocycles. The van der Waals surface area contributed by atoms with E-state index in [0.29, 0.717) is 27.6 Å². The van der Waals surface area contributed by atoms with Gasteiger partial charge in [0, 0.05) is 11.1 Å². The molecule has 0 saturated carbocycles. The van der Waals surface area contributed by atoms with Crippen LogP contribution in [0.15, 0.2) is 30.3 Å². The number of methoxy groups -OCH3 is 1. The molecular weight excluding hydrogens is 274 g/mol. The van der Waals surface area contributed by atoms with Crippen LogP contribution in [0.1, 0.15) is 27.0 Å². The fourth-order valence-electron chi connectivity index (χ4n) is 1.96. The van der Waals surface area contributed by atoms with Crippen LogP contribution >= 0.6 is 11.6 Å². The molecule has 104 valence electrons. The van der Waals surface area contributed by atoms with Crippen molar-refractivity contribution in [1.82, 2.24) is 0 Å². The third-order valence-electron chi connectivity index (χ3n) is 3.32. The van der Waals surface area contributed by atoms with Gasteiger partial charge < -0.3 is 10.5 Å². The summed E-state index contributed by atoms with van der Waals surface area (Å²) in [6.45, 7) is 3.91. The van der Waals surface area contributed by atoms with Crippen molar-refractivity contribution in [3.8, 4) is 5.75 Å². The van der Waals surface area contributed by atoms with Crippen LogP contribution in [0.4, 0.5) is 5.69 Å². The molecule has 2 aromatic carbocycles. The minimum Gasteiger partial charge on any atom is -0.495 e. The molecule has 0 aromatic heterocycles. The van der Waals surface area contributed by atoms with E-state index in [-0.39, 0.29) is 5.78 Å². The summed E-state index contributed by atoms with van der Waals surface area (Å²) in [6, 6.07) is 8.57. The molecule has 20 heavy (non-hydrogen) atoms. The van der Waals surface area contributed by atoms with Crippen LogP contribution in [0.5, 0.6) is 5.75 Å². The smallest absolute Gasteiger partial charge is 0.194 e. The van der Waals surface area contributed by atoms with Crippen LogP contribution in [0.3, 0.4) is 0 Å². The lowest BCUT2D eigenvalue weighted by atomic mass is 9.99. The number of halogens is 1. The molecule has 0 fully saturated rings. The maximum absolute atomic E-state index is 12.5. The molecular formula is C16H16ClNO2. The lowest BCUT2D eigenvalue weighted by Gasteiger charge is -2.10. The number of carbonyl (C=O) groups is 1. The van der Waals surface area contributed by atoms with Crippen LogP contribution in [0, 0.1) is 13.8 Å². The predicted octanol–water partition coefficient (Wildman–Crippen LogP) is 3.78. The highest BCUT2D eigenvalue weighted by molar-refractivity contribution is 6.35. The Kier molecular flexibility index (Phi) is 4.00. The van der Waals surface area contributed by atoms with Crippen LogP contribution in [0.2, 0.25) is 5.02 Å². The molecule has 0 radical (unpaired) electrons. The normalized spacial score (nSPS) is 10.4. The van der Waals surface area contributed by atoms with Crippen LogP contribution < -0.4 is 10.5 Å². The number of anilines is 1. The van der Waals surface area contributed by atoms with E-state index in [0.717, 1.165) is 11.1 Å². The second-order valence-electron chi connectivity index (χ2n) is 4.70. The highest BCUT2D eigenvalue weighted by atomic mass is 35.5. The molecule has 0 spiro atoms. The van der Waals surface area contributed by atoms with E-state index in [1.54, 1.807) is 24.3 Å². The van der Waals surface area contributed by atoms with Crippen LogP contribution in [-0.2, 0) is 0 Å². The average molecular weight is 290 g/mol. The van der Waals surface area contributed by atoms with Crippen molar-refractivity contribution in [3.05, 3.63) is 57.6 Å². The quantitative estimate of drug-likeness (QED) is 0.691. The van der Waals surface area contributed by atoms with Gasteiger partial charge in [-0.05, 0) is 55.3 Å². The first kappa shape index (κ1) is 14.4. The number of rotatable bonds is 3. The first-order valence-electron chi connectivity index (χ1n) is 6.19. The summed E-state index contributed by atoms with van der Waals surface area (Å²) in [5.41, 5.74) is 9.32. The summed E-state index contributed by atoms with van der Waals surface area (Å²) < 4.78 is 5.13. The number of nitrogens with two attached hydrogens (primary N) is 1. The summed E-state index contributed by atoms with van der Waals surface area (Å²) in [5, 5.41) is 0.453. The Morgan fingerprint density at radius 2 is 1.80 bits per heavy atom. The number of benzene rings is 2. The van der Waals surface area contributed by atoms with Crippen molar-refractivity contribution in [1.29, 1.82) is 0 Å². The maximum Gasteiger partial charge on any atom is 0.194 e. The molecule has 2 aromatic rings. The Labute approximate surface area is 123 Å². The number of hydrogen-bond donors (Lipinski definition) is 1. The van der Waals surface area contributed by atoms with Gasteiger partial charge in [0.15, 0.2) is 5.78 Å². The first-order chi connectivity index (χ1) is 9.43. The van der Waals surface area contributed by atoms with Crippen LogP contribution in [0.25, 0.3) is 0 Å². The Morgan fingerprint density at radius 3 is 2.45 bits per heavy atom. The zero-order chi connectivity index (χ0) is 14.9. The Balaban J connectivity index is 2.49. The molecule has 2 N–H and O–H groups in total. The molecule has 0 aliphatic carbocycles. The van der Waals surface area contributed by atoms with Gasteiger partial charge in [-0.15, -0.1) is 0 Å². The summed E-state index contributed by atoms with van der Waals surface area (Å²) in [6.07, 6.45) is 0. The molecule has 0 atom stereocenters. The van der Waals surface area contributed by atoms with E-state index in [1.807, 2.05) is 19.9 Å². The minimum atomic E-state index is -0.142. The van der Waals surface area contributed by atoms with E-state index >= 15 is 0 Å². The molecule has 2 rings (SSSR count). The van der Waals surface area contributed by atoms with Crippen molar-refractivity contribution in [2.45, 2.75) is 13.8 Å². The van der Waals surface area contributed by atoms with Gasteiger partial charge in [-0.3, -0.25) is 4.79 Å². The van der Waals surface area contributed by atoms with E-state index in [1.165, 1.54) is 7.11 Å². The first-order valence-corrected chi connectivity index (χ1v) is 6.56. The number of carbonyl (C=O) groups excluding carboxylic acids is 1. The summed E-state index contributed by atoms with van der Waals surface area (Å²) in [4.78, 5) is 12.5. The highest BCUT2D eigenvalue weighted by Gasteiger charge is 2.15. The fraction of sp³-hybridized carbons (Fsp3) is 0.188. The van der Waals surface area contributed by atoms with E-state index < -0.39 is 0 Å². The fourth-order valence-corrected chi connectivity index (χ4v) is 2.27. The van der Waals surface area contributed by atoms with Gasteiger partial charge in [0.1, 0.15) is 5.75 Å². The second-order valence-corrected chi connectivity index (χ2v) is 5.11. The molecule has 0 unspecified atom stereocenters. The zero-order valence-electron chi connectivity index (χ0n) is 11.7. The Bertz CT molecular complexity index is 680. The number of ketones is 1. The van der Waals surface area contributed by atoms with Gasteiger partial charge in [-0.2, -0.15) is 0 Å². The summed E-state index contributed by atoms with van der Waals surface area (Å²) in [7, 11) is 1.52. The SMILES string of the molecule is COc1cc(C(=O)c2cc(C)c(C)cc2Cl)ccc1N. The standard InChI is InChI=1S/C16H16ClNO2/c1-9-6-12(13(17)7-10(9)2)16(19)11-4-5-14(18)15(8-11)20-3/h4-8H,18H2,1-3H3. The highest BCUT2D eigenvalue weighted by Crippen LogP contribution is 2.27. The predicted molar refractivity (Wildman–Crippen MR) is 81.8 cm³/mol. The van der Waals surface area contributed by atoms with Gasteiger partial charge in [-0.1, -0.05) is 11.6 Å². The van der Waals surface area contributed by atoms with Gasteiger partial charge >= 0.3 is 0 Å². The average Bonchev–Trinajstić information content (AvgIpc) is 2.42. The molecule has 0 saturated heterocycles. The number of ether oxygens (including phenoxy) is 1. The van der Waals surface area contributed by atoms with Crippen molar-refractivity contribution >= 4 is 23.1 Å². The third kappa shape index (κ3) is 2.63. The van der Waals surface area contributed by atoms with Crippen LogP contribution in [-0.4, -0.2) is 12.9 Å². The van der Waals surface area contributed by atoms with E-state index in [4.69, 9.17) is 22.1 Å². The van der Waals surface area contributed by atoms with E-state index in [2.05, 4.69) is 0 Å². The monoisotopic (exact) mass is 289 g/mol. The third-order valence-corrected chi connectivity index (χ3v) is 3.64. The van der Waals surface area contributed by atoms with E-state index in [9.17, 15) is 4.79 Å². The van der Waals surface area contributed by atoms with Crippen molar-refractivity contribution in [3.63, 3.8) is 0 Å². The van der Waals surface area contributed by atoms with Gasteiger partial charge in [0.25, 0.3) is 0 Å². The minimum absolute atomic E-state index is 0.142. The summed E-state index contributed by atoms with van der Waals surface area (Å²) >= 11 is 6.17. The lowest BCUT2D eigenvalue weighted by molar-refractivity contribution is 0.103. The largest absolute Gasteiger partial charge is 0.495 e. The molecule has 0 bridgehead atoms. The van der Waals surface area contributed by atoms with Gasteiger partial charge in [0.2, 0.25) is 0 Å². The molecule has 0 aliphatic rings. The molecule has 0 amide bonds. The van der Waals surface area contributed by atoms with Crippen molar-refractivity contribution < 1.29 is 9.53 Å². The maximum atomic E-state index is 12.5. The lowest BCUT2D eigenvalue weighted by Crippen LogP contribution is -2.04. The molecule has 3 nitrogen and oxygen atoms in total.